The fourth-order valence-corrected chi connectivity index (χ4v) is 1.84. The fourth-order valence-electron chi connectivity index (χ4n) is 1.84. The van der Waals surface area contributed by atoms with Gasteiger partial charge in [-0.3, -0.25) is 4.79 Å². The molecule has 1 rings (SSSR count). The van der Waals surface area contributed by atoms with Gasteiger partial charge in [0, 0.05) is 26.1 Å². The minimum atomic E-state index is 0.0590. The molecule has 0 aromatic heterocycles. The number of nitrogens with one attached hydrogen (secondary N) is 2. The van der Waals surface area contributed by atoms with E-state index in [0.29, 0.717) is 6.04 Å². The quantitative estimate of drug-likeness (QED) is 0.659. The molecule has 0 aromatic rings. The molecule has 4 nitrogen and oxygen atoms in total. The molecule has 0 radical (unpaired) electrons. The third kappa shape index (κ3) is 4.07. The van der Waals surface area contributed by atoms with Crippen molar-refractivity contribution in [1.29, 1.82) is 0 Å². The maximum atomic E-state index is 10.7. The van der Waals surface area contributed by atoms with Gasteiger partial charge in [0.25, 0.3) is 0 Å². The Morgan fingerprint density at radius 2 is 2.14 bits per heavy atom. The lowest BCUT2D eigenvalue weighted by Crippen LogP contribution is -2.43. The summed E-state index contributed by atoms with van der Waals surface area (Å²) < 4.78 is 0. The van der Waals surface area contributed by atoms with E-state index in [9.17, 15) is 4.79 Å². The van der Waals surface area contributed by atoms with Crippen LogP contribution in [-0.4, -0.2) is 50.1 Å². The van der Waals surface area contributed by atoms with Crippen molar-refractivity contribution in [2.75, 3.05) is 33.2 Å². The van der Waals surface area contributed by atoms with E-state index in [-0.39, 0.29) is 5.91 Å². The van der Waals surface area contributed by atoms with Crippen LogP contribution in [0.1, 0.15) is 19.8 Å². The smallest absolute Gasteiger partial charge is 0.216 e. The zero-order valence-corrected chi connectivity index (χ0v) is 9.18. The number of hydrogen-bond acceptors (Lipinski definition) is 3. The Morgan fingerprint density at radius 3 is 2.71 bits per heavy atom. The Kier molecular flexibility index (Phi) is 4.90. The number of carbonyl (C=O) groups is 1. The topological polar surface area (TPSA) is 44.4 Å². The summed E-state index contributed by atoms with van der Waals surface area (Å²) in [6.45, 7) is 5.51. The molecule has 0 bridgehead atoms. The van der Waals surface area contributed by atoms with Crippen LogP contribution in [0.2, 0.25) is 0 Å². The maximum absolute atomic E-state index is 10.7. The minimum absolute atomic E-state index is 0.0590. The van der Waals surface area contributed by atoms with E-state index in [0.717, 1.165) is 26.2 Å². The van der Waals surface area contributed by atoms with Crippen LogP contribution in [0.4, 0.5) is 0 Å². The lowest BCUT2D eigenvalue weighted by atomic mass is 10.1. The van der Waals surface area contributed by atoms with E-state index in [2.05, 4.69) is 22.6 Å². The van der Waals surface area contributed by atoms with Crippen molar-refractivity contribution < 1.29 is 4.79 Å². The highest BCUT2D eigenvalue weighted by Gasteiger charge is 2.16. The van der Waals surface area contributed by atoms with Gasteiger partial charge in [-0.1, -0.05) is 0 Å². The molecule has 0 saturated carbocycles. The van der Waals surface area contributed by atoms with Gasteiger partial charge in [0.15, 0.2) is 0 Å². The van der Waals surface area contributed by atoms with E-state index < -0.39 is 0 Å². The summed E-state index contributed by atoms with van der Waals surface area (Å²) >= 11 is 0. The predicted octanol–water partition coefficient (Wildman–Crippen LogP) is -0.194. The number of hydrogen-bond donors (Lipinski definition) is 2. The highest BCUT2D eigenvalue weighted by Crippen LogP contribution is 2.08. The Balaban J connectivity index is 2.13. The van der Waals surface area contributed by atoms with E-state index in [1.807, 2.05) is 0 Å². The normalized spacial score (nSPS) is 18.5. The fraction of sp³-hybridized carbons (Fsp3) is 0.900. The van der Waals surface area contributed by atoms with Crippen molar-refractivity contribution in [1.82, 2.24) is 15.5 Å². The first-order chi connectivity index (χ1) is 6.70. The standard InChI is InChI=1S/C10H21N3O/c1-9(14)12-7-8-13(2)10-3-5-11-6-4-10/h10-11H,3-8H2,1-2H3,(H,12,14). The molecule has 2 N–H and O–H groups in total. The number of likely N-dealkylation sites (N-methyl/N-ethyl adjacent to an activating group) is 1. The van der Waals surface area contributed by atoms with Crippen LogP contribution in [0, 0.1) is 0 Å². The zero-order chi connectivity index (χ0) is 10.4. The molecule has 1 amide bonds. The molecule has 0 atom stereocenters. The van der Waals surface area contributed by atoms with Gasteiger partial charge in [-0.05, 0) is 33.0 Å². The lowest BCUT2D eigenvalue weighted by Gasteiger charge is -2.31. The van der Waals surface area contributed by atoms with Crippen molar-refractivity contribution >= 4 is 5.91 Å². The lowest BCUT2D eigenvalue weighted by molar-refractivity contribution is -0.119. The third-order valence-electron chi connectivity index (χ3n) is 2.77. The van der Waals surface area contributed by atoms with E-state index in [4.69, 9.17) is 0 Å². The summed E-state index contributed by atoms with van der Waals surface area (Å²) in [7, 11) is 2.14. The molecule has 0 aliphatic carbocycles. The Bertz CT molecular complexity index is 178. The van der Waals surface area contributed by atoms with E-state index >= 15 is 0 Å². The number of amides is 1. The number of nitrogens with zero attached hydrogens (tertiary/aromatic N) is 1. The summed E-state index contributed by atoms with van der Waals surface area (Å²) in [6.07, 6.45) is 2.44. The molecule has 1 aliphatic heterocycles. The van der Waals surface area contributed by atoms with Crippen molar-refractivity contribution in [3.05, 3.63) is 0 Å². The predicted molar refractivity (Wildman–Crippen MR) is 57.2 cm³/mol. The summed E-state index contributed by atoms with van der Waals surface area (Å²) in [6, 6.07) is 0.685. The van der Waals surface area contributed by atoms with Crippen molar-refractivity contribution in [3.63, 3.8) is 0 Å². The molecular formula is C10H21N3O. The second-order valence-electron chi connectivity index (χ2n) is 3.94. The molecule has 0 aromatic carbocycles. The van der Waals surface area contributed by atoms with Gasteiger partial charge in [-0.25, -0.2) is 0 Å². The molecule has 0 unspecified atom stereocenters. The third-order valence-corrected chi connectivity index (χ3v) is 2.77. The van der Waals surface area contributed by atoms with E-state index in [1.165, 1.54) is 12.8 Å². The first kappa shape index (κ1) is 11.5. The summed E-state index contributed by atoms with van der Waals surface area (Å²) in [5.41, 5.74) is 0. The van der Waals surface area contributed by atoms with Gasteiger partial charge < -0.3 is 15.5 Å². The number of carbonyl (C=O) groups excluding carboxylic acids is 1. The van der Waals surface area contributed by atoms with Crippen LogP contribution in [0.25, 0.3) is 0 Å². The van der Waals surface area contributed by atoms with Crippen LogP contribution < -0.4 is 10.6 Å². The molecule has 4 heteroatoms. The van der Waals surface area contributed by atoms with Gasteiger partial charge >= 0.3 is 0 Å². The Hall–Kier alpha value is -0.610. The van der Waals surface area contributed by atoms with Gasteiger partial charge in [0.1, 0.15) is 0 Å². The second-order valence-corrected chi connectivity index (χ2v) is 3.94. The monoisotopic (exact) mass is 199 g/mol. The molecule has 1 saturated heterocycles. The van der Waals surface area contributed by atoms with Crippen LogP contribution in [0.5, 0.6) is 0 Å². The minimum Gasteiger partial charge on any atom is -0.355 e. The second kappa shape index (κ2) is 5.98. The van der Waals surface area contributed by atoms with Gasteiger partial charge in [-0.2, -0.15) is 0 Å². The SMILES string of the molecule is CC(=O)NCCN(C)C1CCNCC1. The highest BCUT2D eigenvalue weighted by molar-refractivity contribution is 5.72. The molecule has 0 spiro atoms. The van der Waals surface area contributed by atoms with Crippen LogP contribution in [0.15, 0.2) is 0 Å². The largest absolute Gasteiger partial charge is 0.355 e. The van der Waals surface area contributed by atoms with Crippen molar-refractivity contribution in [2.24, 2.45) is 0 Å². The Labute approximate surface area is 86.0 Å². The Morgan fingerprint density at radius 1 is 1.50 bits per heavy atom. The summed E-state index contributed by atoms with van der Waals surface area (Å²) in [5.74, 6) is 0.0590. The van der Waals surface area contributed by atoms with Crippen molar-refractivity contribution in [3.8, 4) is 0 Å². The summed E-state index contributed by atoms with van der Waals surface area (Å²) in [4.78, 5) is 13.0. The number of rotatable bonds is 4. The van der Waals surface area contributed by atoms with Gasteiger partial charge in [0.05, 0.1) is 0 Å². The van der Waals surface area contributed by atoms with Crippen LogP contribution in [0.3, 0.4) is 0 Å². The molecular weight excluding hydrogens is 178 g/mol. The molecule has 82 valence electrons. The van der Waals surface area contributed by atoms with Crippen LogP contribution >= 0.6 is 0 Å². The first-order valence-electron chi connectivity index (χ1n) is 5.35. The van der Waals surface area contributed by atoms with Gasteiger partial charge in [-0.15, -0.1) is 0 Å². The average molecular weight is 199 g/mol. The molecule has 1 fully saturated rings. The van der Waals surface area contributed by atoms with E-state index in [1.54, 1.807) is 6.92 Å². The molecule has 1 aliphatic rings. The van der Waals surface area contributed by atoms with Crippen molar-refractivity contribution in [2.45, 2.75) is 25.8 Å². The van der Waals surface area contributed by atoms with Gasteiger partial charge in [0.2, 0.25) is 5.91 Å². The first-order valence-corrected chi connectivity index (χ1v) is 5.35. The molecule has 14 heavy (non-hydrogen) atoms. The molecule has 1 heterocycles. The van der Waals surface area contributed by atoms with Crippen LogP contribution in [-0.2, 0) is 4.79 Å². The maximum Gasteiger partial charge on any atom is 0.216 e. The average Bonchev–Trinajstić information content (AvgIpc) is 2.18. The summed E-state index contributed by atoms with van der Waals surface area (Å²) in [5, 5.41) is 6.17. The zero-order valence-electron chi connectivity index (χ0n) is 9.18. The highest BCUT2D eigenvalue weighted by atomic mass is 16.1. The number of piperidine rings is 1.